The normalized spacial score (nSPS) is 25.7. The zero-order valence-electron chi connectivity index (χ0n) is 9.04. The molecule has 4 nitrogen and oxygen atoms in total. The molecular weight excluding hydrogens is 182 g/mol. The standard InChI is InChI=1S/C10H19NO3/c1-10(2,3)14-9(13)11-8-6-7(8)4-5-12/h7-8,12H,4-6H2,1-3H3,(H,11,13)/t7-,8-/m0/s1. The van der Waals surface area contributed by atoms with Gasteiger partial charge >= 0.3 is 6.09 Å². The molecule has 2 atom stereocenters. The monoisotopic (exact) mass is 201 g/mol. The zero-order chi connectivity index (χ0) is 10.8. The smallest absolute Gasteiger partial charge is 0.407 e. The Balaban J connectivity index is 2.17. The van der Waals surface area contributed by atoms with Crippen molar-refractivity contribution in [1.29, 1.82) is 0 Å². The Bertz CT molecular complexity index is 210. The number of carbonyl (C=O) groups excluding carboxylic acids is 1. The van der Waals surface area contributed by atoms with E-state index in [0.29, 0.717) is 5.92 Å². The van der Waals surface area contributed by atoms with Gasteiger partial charge in [0.15, 0.2) is 0 Å². The summed E-state index contributed by atoms with van der Waals surface area (Å²) in [6.07, 6.45) is 1.36. The van der Waals surface area contributed by atoms with E-state index in [1.807, 2.05) is 20.8 Å². The minimum absolute atomic E-state index is 0.192. The maximum atomic E-state index is 11.3. The SMILES string of the molecule is CC(C)(C)OC(=O)N[C@H]1C[C@@H]1CCO. The van der Waals surface area contributed by atoms with Crippen LogP contribution in [0.5, 0.6) is 0 Å². The van der Waals surface area contributed by atoms with E-state index in [-0.39, 0.29) is 18.7 Å². The summed E-state index contributed by atoms with van der Waals surface area (Å²) >= 11 is 0. The molecule has 14 heavy (non-hydrogen) atoms. The van der Waals surface area contributed by atoms with Crippen molar-refractivity contribution in [1.82, 2.24) is 5.32 Å². The van der Waals surface area contributed by atoms with Gasteiger partial charge in [0.25, 0.3) is 0 Å². The summed E-state index contributed by atoms with van der Waals surface area (Å²) in [5, 5.41) is 11.4. The predicted octanol–water partition coefficient (Wildman–Crippen LogP) is 1.28. The molecule has 1 aliphatic carbocycles. The van der Waals surface area contributed by atoms with E-state index < -0.39 is 5.60 Å². The molecule has 0 heterocycles. The maximum absolute atomic E-state index is 11.3. The van der Waals surface area contributed by atoms with Crippen molar-refractivity contribution < 1.29 is 14.6 Å². The van der Waals surface area contributed by atoms with Crippen molar-refractivity contribution in [3.8, 4) is 0 Å². The maximum Gasteiger partial charge on any atom is 0.407 e. The van der Waals surface area contributed by atoms with E-state index in [1.165, 1.54) is 0 Å². The molecule has 0 unspecified atom stereocenters. The van der Waals surface area contributed by atoms with Gasteiger partial charge in [-0.2, -0.15) is 0 Å². The Morgan fingerprint density at radius 1 is 1.57 bits per heavy atom. The van der Waals surface area contributed by atoms with Crippen LogP contribution in [0.15, 0.2) is 0 Å². The fraction of sp³-hybridized carbons (Fsp3) is 0.900. The summed E-state index contributed by atoms with van der Waals surface area (Å²) < 4.78 is 5.10. The van der Waals surface area contributed by atoms with Crippen LogP contribution in [0.3, 0.4) is 0 Å². The average Bonchev–Trinajstić information content (AvgIpc) is 2.63. The van der Waals surface area contributed by atoms with Crippen molar-refractivity contribution >= 4 is 6.09 Å². The number of aliphatic hydroxyl groups is 1. The third-order valence-corrected chi connectivity index (χ3v) is 2.12. The quantitative estimate of drug-likeness (QED) is 0.723. The molecule has 1 rings (SSSR count). The second kappa shape index (κ2) is 4.17. The number of nitrogens with one attached hydrogen (secondary N) is 1. The molecule has 0 aromatic carbocycles. The number of amides is 1. The molecule has 0 aromatic rings. The van der Waals surface area contributed by atoms with E-state index in [9.17, 15) is 4.79 Å². The number of carbonyl (C=O) groups is 1. The summed E-state index contributed by atoms with van der Waals surface area (Å²) in [5.41, 5.74) is -0.439. The lowest BCUT2D eigenvalue weighted by molar-refractivity contribution is 0.0520. The minimum atomic E-state index is -0.439. The van der Waals surface area contributed by atoms with E-state index >= 15 is 0 Å². The molecule has 2 N–H and O–H groups in total. The third kappa shape index (κ3) is 3.96. The van der Waals surface area contributed by atoms with Crippen LogP contribution >= 0.6 is 0 Å². The molecule has 0 bridgehead atoms. The molecular formula is C10H19NO3. The van der Waals surface area contributed by atoms with Gasteiger partial charge < -0.3 is 15.2 Å². The van der Waals surface area contributed by atoms with Gasteiger partial charge in [-0.25, -0.2) is 4.79 Å². The summed E-state index contributed by atoms with van der Waals surface area (Å²) in [7, 11) is 0. The molecule has 1 aliphatic rings. The van der Waals surface area contributed by atoms with E-state index in [4.69, 9.17) is 9.84 Å². The van der Waals surface area contributed by atoms with Crippen molar-refractivity contribution in [2.45, 2.75) is 45.3 Å². The second-order valence-electron chi connectivity index (χ2n) is 4.76. The molecule has 0 saturated heterocycles. The van der Waals surface area contributed by atoms with Crippen LogP contribution in [0, 0.1) is 5.92 Å². The Morgan fingerprint density at radius 3 is 2.71 bits per heavy atom. The fourth-order valence-corrected chi connectivity index (χ4v) is 1.37. The Hall–Kier alpha value is -0.770. The van der Waals surface area contributed by atoms with Gasteiger partial charge in [-0.15, -0.1) is 0 Å². The molecule has 1 fully saturated rings. The number of aliphatic hydroxyl groups excluding tert-OH is 1. The Labute approximate surface area is 84.6 Å². The van der Waals surface area contributed by atoms with Crippen LogP contribution in [0.25, 0.3) is 0 Å². The summed E-state index contributed by atoms with van der Waals surface area (Å²) in [6, 6.07) is 0.206. The Kier molecular flexibility index (Phi) is 3.37. The van der Waals surface area contributed by atoms with Crippen LogP contribution in [0.1, 0.15) is 33.6 Å². The number of alkyl carbamates (subject to hydrolysis) is 1. The molecule has 1 amide bonds. The predicted molar refractivity (Wildman–Crippen MR) is 53.0 cm³/mol. The first kappa shape index (κ1) is 11.3. The van der Waals surface area contributed by atoms with Crippen molar-refractivity contribution in [3.05, 3.63) is 0 Å². The van der Waals surface area contributed by atoms with Gasteiger partial charge in [0.1, 0.15) is 5.60 Å². The first-order valence-corrected chi connectivity index (χ1v) is 5.03. The zero-order valence-corrected chi connectivity index (χ0v) is 9.04. The molecule has 0 radical (unpaired) electrons. The lowest BCUT2D eigenvalue weighted by Gasteiger charge is -2.19. The number of rotatable bonds is 3. The van der Waals surface area contributed by atoms with Gasteiger partial charge in [-0.1, -0.05) is 0 Å². The molecule has 82 valence electrons. The van der Waals surface area contributed by atoms with Crippen LogP contribution in [0.4, 0.5) is 4.79 Å². The van der Waals surface area contributed by atoms with Gasteiger partial charge in [0, 0.05) is 12.6 Å². The first-order chi connectivity index (χ1) is 6.42. The lowest BCUT2D eigenvalue weighted by atomic mass is 10.2. The van der Waals surface area contributed by atoms with E-state index in [1.54, 1.807) is 0 Å². The van der Waals surface area contributed by atoms with Crippen molar-refractivity contribution in [3.63, 3.8) is 0 Å². The van der Waals surface area contributed by atoms with Gasteiger partial charge in [0.2, 0.25) is 0 Å². The average molecular weight is 201 g/mol. The van der Waals surface area contributed by atoms with Crippen molar-refractivity contribution in [2.75, 3.05) is 6.61 Å². The molecule has 1 saturated carbocycles. The summed E-state index contributed by atoms with van der Waals surface area (Å²) in [6.45, 7) is 5.71. The fourth-order valence-electron chi connectivity index (χ4n) is 1.37. The molecule has 4 heteroatoms. The van der Waals surface area contributed by atoms with Crippen LogP contribution < -0.4 is 5.32 Å². The highest BCUT2D eigenvalue weighted by molar-refractivity contribution is 5.68. The summed E-state index contributed by atoms with van der Waals surface area (Å²) in [5.74, 6) is 0.438. The van der Waals surface area contributed by atoms with Crippen LogP contribution in [-0.4, -0.2) is 29.4 Å². The first-order valence-electron chi connectivity index (χ1n) is 5.03. The number of hydrogen-bond donors (Lipinski definition) is 2. The van der Waals surface area contributed by atoms with Crippen LogP contribution in [0.2, 0.25) is 0 Å². The molecule has 0 aliphatic heterocycles. The largest absolute Gasteiger partial charge is 0.444 e. The highest BCUT2D eigenvalue weighted by atomic mass is 16.6. The van der Waals surface area contributed by atoms with E-state index in [0.717, 1.165) is 12.8 Å². The highest BCUT2D eigenvalue weighted by Gasteiger charge is 2.38. The van der Waals surface area contributed by atoms with Gasteiger partial charge in [-0.05, 0) is 39.5 Å². The Morgan fingerprint density at radius 2 is 2.21 bits per heavy atom. The lowest BCUT2D eigenvalue weighted by Crippen LogP contribution is -2.34. The summed E-state index contributed by atoms with van der Waals surface area (Å²) in [4.78, 5) is 11.3. The van der Waals surface area contributed by atoms with Crippen molar-refractivity contribution in [2.24, 2.45) is 5.92 Å². The topological polar surface area (TPSA) is 58.6 Å². The van der Waals surface area contributed by atoms with Crippen LogP contribution in [-0.2, 0) is 4.74 Å². The number of hydrogen-bond acceptors (Lipinski definition) is 3. The minimum Gasteiger partial charge on any atom is -0.444 e. The second-order valence-corrected chi connectivity index (χ2v) is 4.76. The van der Waals surface area contributed by atoms with E-state index in [2.05, 4.69) is 5.32 Å². The molecule has 0 aromatic heterocycles. The van der Waals surface area contributed by atoms with Gasteiger partial charge in [0.05, 0.1) is 0 Å². The van der Waals surface area contributed by atoms with Gasteiger partial charge in [-0.3, -0.25) is 0 Å². The third-order valence-electron chi connectivity index (χ3n) is 2.12. The molecule has 0 spiro atoms. The highest BCUT2D eigenvalue weighted by Crippen LogP contribution is 2.33. The number of ether oxygens (including phenoxy) is 1.